The van der Waals surface area contributed by atoms with Crippen LogP contribution in [0.5, 0.6) is 5.75 Å². The molecule has 0 heterocycles. The van der Waals surface area contributed by atoms with Crippen molar-refractivity contribution in [2.75, 3.05) is 7.11 Å². The Morgan fingerprint density at radius 1 is 1.25 bits per heavy atom. The fourth-order valence-corrected chi connectivity index (χ4v) is 2.91. The molecule has 0 radical (unpaired) electrons. The number of halogens is 1. The molecule has 0 aromatic heterocycles. The fraction of sp³-hybridized carbons (Fsp3) is 0.625. The highest BCUT2D eigenvalue weighted by atomic mass is 35.5. The summed E-state index contributed by atoms with van der Waals surface area (Å²) in [5.41, 5.74) is 2.97. The van der Waals surface area contributed by atoms with Crippen molar-refractivity contribution in [2.45, 2.75) is 58.7 Å². The lowest BCUT2D eigenvalue weighted by Gasteiger charge is -2.24. The predicted octanol–water partition coefficient (Wildman–Crippen LogP) is 3.59. The fourth-order valence-electron chi connectivity index (χ4n) is 2.65. The summed E-state index contributed by atoms with van der Waals surface area (Å²) in [5, 5.41) is 20.4. The maximum Gasteiger partial charge on any atom is 0.125 e. The number of methoxy groups -OCH3 is 1. The second kappa shape index (κ2) is 7.30. The molecular weight excluding hydrogens is 276 g/mol. The monoisotopic (exact) mass is 300 g/mol. The van der Waals surface area contributed by atoms with Gasteiger partial charge in [0.15, 0.2) is 0 Å². The number of aryl methyl sites for hydroxylation is 1. The van der Waals surface area contributed by atoms with Crippen LogP contribution < -0.4 is 4.74 Å². The summed E-state index contributed by atoms with van der Waals surface area (Å²) in [6.07, 6.45) is -0.410. The molecule has 1 aromatic carbocycles. The van der Waals surface area contributed by atoms with Crippen LogP contribution in [0, 0.1) is 13.8 Å². The number of aliphatic hydroxyl groups excluding tert-OH is 2. The van der Waals surface area contributed by atoms with Gasteiger partial charge >= 0.3 is 0 Å². The molecule has 20 heavy (non-hydrogen) atoms. The van der Waals surface area contributed by atoms with Gasteiger partial charge in [0.1, 0.15) is 5.75 Å². The summed E-state index contributed by atoms with van der Waals surface area (Å²) in [6.45, 7) is 7.79. The van der Waals surface area contributed by atoms with E-state index in [4.69, 9.17) is 16.3 Å². The van der Waals surface area contributed by atoms with E-state index in [1.165, 1.54) is 0 Å². The Balaban J connectivity index is 3.11. The third-order valence-electron chi connectivity index (χ3n) is 3.86. The number of benzene rings is 1. The van der Waals surface area contributed by atoms with Gasteiger partial charge in [-0.05, 0) is 49.8 Å². The molecule has 1 rings (SSSR count). The lowest BCUT2D eigenvalue weighted by Crippen LogP contribution is -2.26. The lowest BCUT2D eigenvalue weighted by molar-refractivity contribution is 0.00940. The molecule has 3 nitrogen and oxygen atoms in total. The van der Waals surface area contributed by atoms with Gasteiger partial charge in [0, 0.05) is 10.6 Å². The average Bonchev–Trinajstić information content (AvgIpc) is 2.40. The standard InChI is InChI=1S/C16H25ClO3/c1-6-13(18)14(19)8-9(2)15-11(4)12(17)7-10(3)16(15)20-5/h7,9,13-14,18-19H,6,8H2,1-5H3. The summed E-state index contributed by atoms with van der Waals surface area (Å²) in [5.74, 6) is 0.871. The van der Waals surface area contributed by atoms with Crippen molar-refractivity contribution in [3.63, 3.8) is 0 Å². The molecule has 2 N–H and O–H groups in total. The minimum atomic E-state index is -0.738. The predicted molar refractivity (Wildman–Crippen MR) is 82.8 cm³/mol. The van der Waals surface area contributed by atoms with Gasteiger partial charge in [0.05, 0.1) is 19.3 Å². The maximum absolute atomic E-state index is 10.0. The highest BCUT2D eigenvalue weighted by Gasteiger charge is 2.23. The van der Waals surface area contributed by atoms with E-state index in [9.17, 15) is 10.2 Å². The SMILES string of the molecule is CCC(O)C(O)CC(C)c1c(C)c(Cl)cc(C)c1OC. The molecular formula is C16H25ClO3. The summed E-state index contributed by atoms with van der Waals surface area (Å²) >= 11 is 6.25. The second-order valence-corrected chi connectivity index (χ2v) is 5.83. The Kier molecular flexibility index (Phi) is 6.31. The van der Waals surface area contributed by atoms with E-state index in [2.05, 4.69) is 0 Å². The number of hydrogen-bond donors (Lipinski definition) is 2. The summed E-state index contributed by atoms with van der Waals surface area (Å²) in [6, 6.07) is 1.89. The number of aliphatic hydroxyl groups is 2. The molecule has 0 aliphatic rings. The molecule has 0 fully saturated rings. The summed E-state index contributed by atoms with van der Waals surface area (Å²) < 4.78 is 5.50. The van der Waals surface area contributed by atoms with Crippen molar-refractivity contribution in [2.24, 2.45) is 0 Å². The van der Waals surface area contributed by atoms with Crippen molar-refractivity contribution in [1.29, 1.82) is 0 Å². The molecule has 3 atom stereocenters. The molecule has 114 valence electrons. The topological polar surface area (TPSA) is 49.7 Å². The van der Waals surface area contributed by atoms with Gasteiger partial charge in [-0.25, -0.2) is 0 Å². The zero-order valence-corrected chi connectivity index (χ0v) is 13.7. The summed E-state index contributed by atoms with van der Waals surface area (Å²) in [4.78, 5) is 0. The minimum Gasteiger partial charge on any atom is -0.496 e. The van der Waals surface area contributed by atoms with E-state index in [0.717, 1.165) is 22.4 Å². The summed E-state index contributed by atoms with van der Waals surface area (Å²) in [7, 11) is 1.64. The van der Waals surface area contributed by atoms with E-state index in [-0.39, 0.29) is 5.92 Å². The Labute approximate surface area is 126 Å². The van der Waals surface area contributed by atoms with Crippen LogP contribution in [0.2, 0.25) is 5.02 Å². The van der Waals surface area contributed by atoms with Crippen LogP contribution in [-0.2, 0) is 0 Å². The first-order valence-corrected chi connectivity index (χ1v) is 7.40. The third kappa shape index (κ3) is 3.66. The average molecular weight is 301 g/mol. The van der Waals surface area contributed by atoms with Crippen LogP contribution >= 0.6 is 11.6 Å². The Morgan fingerprint density at radius 3 is 2.35 bits per heavy atom. The number of hydrogen-bond acceptors (Lipinski definition) is 3. The first kappa shape index (κ1) is 17.3. The van der Waals surface area contributed by atoms with Crippen LogP contribution in [0.3, 0.4) is 0 Å². The van der Waals surface area contributed by atoms with Gasteiger partial charge in [-0.15, -0.1) is 0 Å². The van der Waals surface area contributed by atoms with Gasteiger partial charge in [0.2, 0.25) is 0 Å². The lowest BCUT2D eigenvalue weighted by atomic mass is 9.88. The van der Waals surface area contributed by atoms with Gasteiger partial charge in [-0.3, -0.25) is 0 Å². The molecule has 0 aliphatic carbocycles. The Bertz CT molecular complexity index is 460. The number of rotatable bonds is 6. The van der Waals surface area contributed by atoms with Crippen molar-refractivity contribution in [1.82, 2.24) is 0 Å². The highest BCUT2D eigenvalue weighted by Crippen LogP contribution is 2.38. The van der Waals surface area contributed by atoms with Gasteiger partial charge in [-0.1, -0.05) is 25.4 Å². The smallest absolute Gasteiger partial charge is 0.125 e. The van der Waals surface area contributed by atoms with Crippen LogP contribution in [0.4, 0.5) is 0 Å². The maximum atomic E-state index is 10.0. The normalized spacial score (nSPS) is 15.8. The van der Waals surface area contributed by atoms with Crippen LogP contribution in [0.15, 0.2) is 6.07 Å². The van der Waals surface area contributed by atoms with E-state index >= 15 is 0 Å². The molecule has 4 heteroatoms. The zero-order valence-electron chi connectivity index (χ0n) is 12.9. The molecule has 3 unspecified atom stereocenters. The molecule has 0 saturated carbocycles. The second-order valence-electron chi connectivity index (χ2n) is 5.43. The first-order valence-electron chi connectivity index (χ1n) is 7.03. The highest BCUT2D eigenvalue weighted by molar-refractivity contribution is 6.31. The van der Waals surface area contributed by atoms with Crippen LogP contribution in [0.25, 0.3) is 0 Å². The van der Waals surface area contributed by atoms with Crippen molar-refractivity contribution >= 4 is 11.6 Å². The van der Waals surface area contributed by atoms with Gasteiger partial charge in [-0.2, -0.15) is 0 Å². The van der Waals surface area contributed by atoms with Crippen molar-refractivity contribution in [3.8, 4) is 5.75 Å². The largest absolute Gasteiger partial charge is 0.496 e. The van der Waals surface area contributed by atoms with Gasteiger partial charge < -0.3 is 14.9 Å². The molecule has 0 saturated heterocycles. The Hall–Kier alpha value is -0.770. The molecule has 0 bridgehead atoms. The van der Waals surface area contributed by atoms with E-state index in [1.54, 1.807) is 7.11 Å². The van der Waals surface area contributed by atoms with Crippen molar-refractivity contribution in [3.05, 3.63) is 27.8 Å². The molecule has 0 spiro atoms. The third-order valence-corrected chi connectivity index (χ3v) is 4.26. The van der Waals surface area contributed by atoms with Gasteiger partial charge in [0.25, 0.3) is 0 Å². The minimum absolute atomic E-state index is 0.0542. The van der Waals surface area contributed by atoms with Crippen LogP contribution in [0.1, 0.15) is 49.3 Å². The quantitative estimate of drug-likeness (QED) is 0.844. The molecule has 0 amide bonds. The van der Waals surface area contributed by atoms with Crippen LogP contribution in [-0.4, -0.2) is 29.5 Å². The number of ether oxygens (including phenoxy) is 1. The first-order chi connectivity index (χ1) is 9.33. The van der Waals surface area contributed by atoms with Crippen molar-refractivity contribution < 1.29 is 14.9 Å². The van der Waals surface area contributed by atoms with E-state index in [1.807, 2.05) is 33.8 Å². The zero-order chi connectivity index (χ0) is 15.4. The molecule has 1 aromatic rings. The van der Waals surface area contributed by atoms with E-state index < -0.39 is 12.2 Å². The van der Waals surface area contributed by atoms with E-state index in [0.29, 0.717) is 17.9 Å². The molecule has 0 aliphatic heterocycles. The Morgan fingerprint density at radius 2 is 1.85 bits per heavy atom.